The molecule has 0 bridgehead atoms. The second-order valence-corrected chi connectivity index (χ2v) is 8.13. The molecule has 8 heteroatoms. The molecular weight excluding hydrogens is 394 g/mol. The summed E-state index contributed by atoms with van der Waals surface area (Å²) in [5.41, 5.74) is 1.17. The topological polar surface area (TPSA) is 79.8 Å². The van der Waals surface area contributed by atoms with Gasteiger partial charge in [-0.1, -0.05) is 17.7 Å². The molecule has 2 saturated heterocycles. The van der Waals surface area contributed by atoms with Crippen molar-refractivity contribution in [3.63, 3.8) is 0 Å². The standard InChI is InChI=1S/C23H31N5O3/c1-18-4-6-20(7-5-18)31-23-21(24-8-9-26-23)28-11-2-3-19(17-28)22(29)25-10-12-27-13-15-30-16-14-27/h4-9,19H,2-3,10-17H2,1H3,(H,25,29)/t19-/m1/s1. The normalized spacial score (nSPS) is 19.8. The number of piperidine rings is 1. The number of aryl methyl sites for hydroxylation is 1. The molecule has 2 fully saturated rings. The van der Waals surface area contributed by atoms with E-state index in [0.717, 1.165) is 58.0 Å². The third-order valence-corrected chi connectivity index (χ3v) is 5.80. The lowest BCUT2D eigenvalue weighted by atomic mass is 9.97. The van der Waals surface area contributed by atoms with Gasteiger partial charge in [0.05, 0.1) is 19.1 Å². The van der Waals surface area contributed by atoms with Gasteiger partial charge >= 0.3 is 0 Å². The largest absolute Gasteiger partial charge is 0.436 e. The number of carbonyl (C=O) groups excluding carboxylic acids is 1. The van der Waals surface area contributed by atoms with Gasteiger partial charge in [0.2, 0.25) is 5.91 Å². The van der Waals surface area contributed by atoms with Crippen molar-refractivity contribution >= 4 is 11.7 Å². The molecular formula is C23H31N5O3. The predicted octanol–water partition coefficient (Wildman–Crippen LogP) is 2.24. The van der Waals surface area contributed by atoms with Gasteiger partial charge in [0.15, 0.2) is 5.82 Å². The maximum Gasteiger partial charge on any atom is 0.263 e. The number of rotatable bonds is 7. The molecule has 31 heavy (non-hydrogen) atoms. The molecule has 1 aromatic carbocycles. The first kappa shape index (κ1) is 21.5. The summed E-state index contributed by atoms with van der Waals surface area (Å²) in [6, 6.07) is 7.86. The number of nitrogens with zero attached hydrogens (tertiary/aromatic N) is 4. The molecule has 1 atom stereocenters. The summed E-state index contributed by atoms with van der Waals surface area (Å²) < 4.78 is 11.4. The number of morpholine rings is 1. The second-order valence-electron chi connectivity index (χ2n) is 8.13. The highest BCUT2D eigenvalue weighted by molar-refractivity contribution is 5.79. The van der Waals surface area contributed by atoms with E-state index in [9.17, 15) is 4.79 Å². The highest BCUT2D eigenvalue weighted by atomic mass is 16.5. The number of benzene rings is 1. The molecule has 0 spiro atoms. The lowest BCUT2D eigenvalue weighted by Crippen LogP contribution is -2.46. The van der Waals surface area contributed by atoms with E-state index in [1.54, 1.807) is 12.4 Å². The van der Waals surface area contributed by atoms with Crippen LogP contribution in [0.15, 0.2) is 36.7 Å². The zero-order chi connectivity index (χ0) is 21.5. The Morgan fingerprint density at radius 2 is 1.94 bits per heavy atom. The summed E-state index contributed by atoms with van der Waals surface area (Å²) >= 11 is 0. The second kappa shape index (κ2) is 10.5. The first-order chi connectivity index (χ1) is 15.2. The smallest absolute Gasteiger partial charge is 0.263 e. The van der Waals surface area contributed by atoms with Crippen molar-refractivity contribution in [2.45, 2.75) is 19.8 Å². The number of amides is 1. The van der Waals surface area contributed by atoms with E-state index in [0.29, 0.717) is 24.8 Å². The van der Waals surface area contributed by atoms with Crippen LogP contribution < -0.4 is 15.0 Å². The first-order valence-corrected chi connectivity index (χ1v) is 11.1. The van der Waals surface area contributed by atoms with Gasteiger partial charge in [0.1, 0.15) is 5.75 Å². The Hall–Kier alpha value is -2.71. The zero-order valence-electron chi connectivity index (χ0n) is 18.1. The summed E-state index contributed by atoms with van der Waals surface area (Å²) in [5, 5.41) is 3.12. The van der Waals surface area contributed by atoms with E-state index in [2.05, 4.69) is 25.1 Å². The van der Waals surface area contributed by atoms with Crippen molar-refractivity contribution in [2.75, 3.05) is 57.4 Å². The van der Waals surface area contributed by atoms with Crippen LogP contribution in [0, 0.1) is 12.8 Å². The Labute approximate surface area is 183 Å². The fraction of sp³-hybridized carbons (Fsp3) is 0.522. The molecule has 4 rings (SSSR count). The molecule has 2 aromatic rings. The maximum absolute atomic E-state index is 12.8. The van der Waals surface area contributed by atoms with Crippen LogP contribution in [0.1, 0.15) is 18.4 Å². The lowest BCUT2D eigenvalue weighted by molar-refractivity contribution is -0.125. The predicted molar refractivity (Wildman–Crippen MR) is 118 cm³/mol. The molecule has 1 aromatic heterocycles. The van der Waals surface area contributed by atoms with Gasteiger partial charge in [-0.3, -0.25) is 9.69 Å². The Morgan fingerprint density at radius 3 is 2.74 bits per heavy atom. The van der Waals surface area contributed by atoms with Crippen LogP contribution in [-0.2, 0) is 9.53 Å². The molecule has 1 amide bonds. The molecule has 1 N–H and O–H groups in total. The number of ether oxygens (including phenoxy) is 2. The van der Waals surface area contributed by atoms with Crippen LogP contribution in [0.5, 0.6) is 11.6 Å². The number of hydrogen-bond acceptors (Lipinski definition) is 7. The van der Waals surface area contributed by atoms with E-state index >= 15 is 0 Å². The lowest BCUT2D eigenvalue weighted by Gasteiger charge is -2.33. The molecule has 0 radical (unpaired) electrons. The van der Waals surface area contributed by atoms with Crippen LogP contribution in [0.2, 0.25) is 0 Å². The van der Waals surface area contributed by atoms with Crippen molar-refractivity contribution in [3.8, 4) is 11.6 Å². The number of aromatic nitrogens is 2. The van der Waals surface area contributed by atoms with Gasteiger partial charge in [-0.05, 0) is 31.9 Å². The molecule has 166 valence electrons. The van der Waals surface area contributed by atoms with E-state index < -0.39 is 0 Å². The SMILES string of the molecule is Cc1ccc(Oc2nccnc2N2CCC[C@@H](C(=O)NCCN3CCOCC3)C2)cc1. The molecule has 8 nitrogen and oxygen atoms in total. The number of anilines is 1. The quantitative estimate of drug-likeness (QED) is 0.729. The molecule has 2 aliphatic heterocycles. The summed E-state index contributed by atoms with van der Waals surface area (Å²) in [7, 11) is 0. The van der Waals surface area contributed by atoms with Gasteiger partial charge in [0.25, 0.3) is 5.88 Å². The summed E-state index contributed by atoms with van der Waals surface area (Å²) in [4.78, 5) is 26.1. The molecule has 0 unspecified atom stereocenters. The minimum atomic E-state index is -0.0623. The Balaban J connectivity index is 1.34. The number of hydrogen-bond donors (Lipinski definition) is 1. The minimum absolute atomic E-state index is 0.0623. The average Bonchev–Trinajstić information content (AvgIpc) is 2.82. The third-order valence-electron chi connectivity index (χ3n) is 5.80. The van der Waals surface area contributed by atoms with E-state index in [-0.39, 0.29) is 11.8 Å². The van der Waals surface area contributed by atoms with Gasteiger partial charge in [-0.2, -0.15) is 0 Å². The highest BCUT2D eigenvalue weighted by Gasteiger charge is 2.28. The van der Waals surface area contributed by atoms with Gasteiger partial charge in [-0.25, -0.2) is 9.97 Å². The highest BCUT2D eigenvalue weighted by Crippen LogP contribution is 2.31. The van der Waals surface area contributed by atoms with Crippen molar-refractivity contribution in [1.29, 1.82) is 0 Å². The van der Waals surface area contributed by atoms with Crippen LogP contribution >= 0.6 is 0 Å². The van der Waals surface area contributed by atoms with Crippen molar-refractivity contribution in [3.05, 3.63) is 42.2 Å². The summed E-state index contributed by atoms with van der Waals surface area (Å²) in [6.07, 6.45) is 5.12. The van der Waals surface area contributed by atoms with Crippen molar-refractivity contribution in [2.24, 2.45) is 5.92 Å². The molecule has 0 aliphatic carbocycles. The van der Waals surface area contributed by atoms with Gasteiger partial charge < -0.3 is 19.7 Å². The van der Waals surface area contributed by atoms with Crippen molar-refractivity contribution in [1.82, 2.24) is 20.2 Å². The Kier molecular flexibility index (Phi) is 7.32. The van der Waals surface area contributed by atoms with Gasteiger partial charge in [0, 0.05) is 51.7 Å². The Morgan fingerprint density at radius 1 is 1.16 bits per heavy atom. The third kappa shape index (κ3) is 5.92. The molecule has 0 saturated carbocycles. The van der Waals surface area contributed by atoms with Crippen LogP contribution in [0.4, 0.5) is 5.82 Å². The fourth-order valence-corrected chi connectivity index (χ4v) is 4.01. The summed E-state index contributed by atoms with van der Waals surface area (Å²) in [6.45, 7) is 8.44. The van der Waals surface area contributed by atoms with E-state index in [1.165, 1.54) is 5.56 Å². The monoisotopic (exact) mass is 425 g/mol. The molecule has 2 aliphatic rings. The average molecular weight is 426 g/mol. The fourth-order valence-electron chi connectivity index (χ4n) is 4.01. The zero-order valence-corrected chi connectivity index (χ0v) is 18.1. The van der Waals surface area contributed by atoms with E-state index in [1.807, 2.05) is 31.2 Å². The Bertz CT molecular complexity index is 855. The van der Waals surface area contributed by atoms with Gasteiger partial charge in [-0.15, -0.1) is 0 Å². The van der Waals surface area contributed by atoms with Crippen LogP contribution in [0.25, 0.3) is 0 Å². The van der Waals surface area contributed by atoms with E-state index in [4.69, 9.17) is 9.47 Å². The number of nitrogens with one attached hydrogen (secondary N) is 1. The van der Waals surface area contributed by atoms with Crippen molar-refractivity contribution < 1.29 is 14.3 Å². The number of carbonyl (C=O) groups is 1. The maximum atomic E-state index is 12.8. The minimum Gasteiger partial charge on any atom is -0.436 e. The first-order valence-electron chi connectivity index (χ1n) is 11.1. The van der Waals surface area contributed by atoms with Crippen LogP contribution in [0.3, 0.4) is 0 Å². The van der Waals surface area contributed by atoms with Crippen LogP contribution in [-0.4, -0.2) is 73.3 Å². The summed E-state index contributed by atoms with van der Waals surface area (Å²) in [5.74, 6) is 1.94. The molecule has 3 heterocycles.